The minimum Gasteiger partial charge on any atom is -0.479 e. The molecule has 0 saturated carbocycles. The number of carbonyl (C=O) groups is 2. The van der Waals surface area contributed by atoms with Crippen molar-refractivity contribution >= 4 is 11.9 Å². The summed E-state index contributed by atoms with van der Waals surface area (Å²) in [5, 5.41) is 32.5. The van der Waals surface area contributed by atoms with Gasteiger partial charge in [0.2, 0.25) is 0 Å². The lowest BCUT2D eigenvalue weighted by atomic mass is 10.2. The number of hydrogen-bond acceptors (Lipinski definition) is 4. The number of carboxylic acids is 2. The minimum absolute atomic E-state index is 1.33. The molecule has 0 saturated heterocycles. The SMILES string of the molecule is Cc1ccc(C)cc1.Cc1ccc(C)cc1.O=C(O)C(O)C(O)C(=O)O. The van der Waals surface area contributed by atoms with E-state index in [1.54, 1.807) is 0 Å². The third-order valence-electron chi connectivity index (χ3n) is 3.24. The zero-order valence-electron chi connectivity index (χ0n) is 15.4. The number of carboxylic acid groups (broad SMARTS) is 2. The number of aliphatic hydroxyl groups excluding tert-OH is 2. The van der Waals surface area contributed by atoms with Gasteiger partial charge >= 0.3 is 11.9 Å². The molecule has 0 radical (unpaired) electrons. The van der Waals surface area contributed by atoms with E-state index in [1.807, 2.05) is 0 Å². The predicted octanol–water partition coefficient (Wildman–Crippen LogP) is 2.48. The lowest BCUT2D eigenvalue weighted by Gasteiger charge is -2.07. The molecule has 6 nitrogen and oxygen atoms in total. The quantitative estimate of drug-likeness (QED) is 0.667. The van der Waals surface area contributed by atoms with Crippen LogP contribution >= 0.6 is 0 Å². The topological polar surface area (TPSA) is 115 Å². The minimum atomic E-state index is -2.27. The number of aryl methyl sites for hydroxylation is 4. The molecule has 2 rings (SSSR count). The average molecular weight is 362 g/mol. The molecule has 0 aromatic heterocycles. The summed E-state index contributed by atoms with van der Waals surface area (Å²) in [6.45, 7) is 8.39. The number of rotatable bonds is 3. The zero-order chi connectivity index (χ0) is 20.3. The highest BCUT2D eigenvalue weighted by molar-refractivity contribution is 5.83. The van der Waals surface area contributed by atoms with Crippen molar-refractivity contribution in [3.8, 4) is 0 Å². The first-order valence-electron chi connectivity index (χ1n) is 7.93. The van der Waals surface area contributed by atoms with Crippen LogP contribution in [0.25, 0.3) is 0 Å². The van der Waals surface area contributed by atoms with Crippen molar-refractivity contribution in [2.75, 3.05) is 0 Å². The fourth-order valence-corrected chi connectivity index (χ4v) is 1.54. The molecule has 0 aliphatic heterocycles. The van der Waals surface area contributed by atoms with Gasteiger partial charge in [-0.25, -0.2) is 9.59 Å². The van der Waals surface area contributed by atoms with Crippen LogP contribution < -0.4 is 0 Å². The van der Waals surface area contributed by atoms with E-state index in [1.165, 1.54) is 22.3 Å². The van der Waals surface area contributed by atoms with E-state index in [4.69, 9.17) is 20.4 Å². The van der Waals surface area contributed by atoms with Crippen molar-refractivity contribution in [2.24, 2.45) is 0 Å². The van der Waals surface area contributed by atoms with Crippen LogP contribution in [-0.4, -0.2) is 44.6 Å². The Morgan fingerprint density at radius 1 is 0.577 bits per heavy atom. The third kappa shape index (κ3) is 10.2. The van der Waals surface area contributed by atoms with Crippen LogP contribution in [0.4, 0.5) is 0 Å². The summed E-state index contributed by atoms with van der Waals surface area (Å²) < 4.78 is 0. The van der Waals surface area contributed by atoms with Crippen molar-refractivity contribution in [3.05, 3.63) is 70.8 Å². The first-order valence-corrected chi connectivity index (χ1v) is 7.93. The predicted molar refractivity (Wildman–Crippen MR) is 99.1 cm³/mol. The van der Waals surface area contributed by atoms with Crippen LogP contribution in [0.3, 0.4) is 0 Å². The fraction of sp³-hybridized carbons (Fsp3) is 0.300. The molecule has 0 heterocycles. The molecule has 0 spiro atoms. The van der Waals surface area contributed by atoms with Crippen LogP contribution in [0.1, 0.15) is 22.3 Å². The zero-order valence-corrected chi connectivity index (χ0v) is 15.4. The van der Waals surface area contributed by atoms with Crippen LogP contribution in [-0.2, 0) is 9.59 Å². The van der Waals surface area contributed by atoms with E-state index in [0.29, 0.717) is 0 Å². The fourth-order valence-electron chi connectivity index (χ4n) is 1.54. The second kappa shape index (κ2) is 11.8. The summed E-state index contributed by atoms with van der Waals surface area (Å²) in [5.74, 6) is -3.54. The van der Waals surface area contributed by atoms with Gasteiger partial charge in [0.1, 0.15) is 0 Å². The molecule has 4 N–H and O–H groups in total. The Morgan fingerprint density at radius 3 is 0.846 bits per heavy atom. The van der Waals surface area contributed by atoms with Crippen LogP contribution in [0.5, 0.6) is 0 Å². The van der Waals surface area contributed by atoms with Gasteiger partial charge in [0, 0.05) is 0 Å². The van der Waals surface area contributed by atoms with E-state index < -0.39 is 24.1 Å². The maximum atomic E-state index is 9.77. The monoisotopic (exact) mass is 362 g/mol. The molecule has 2 atom stereocenters. The Hall–Kier alpha value is -2.70. The first-order chi connectivity index (χ1) is 12.0. The lowest BCUT2D eigenvalue weighted by Crippen LogP contribution is -2.39. The van der Waals surface area contributed by atoms with Crippen molar-refractivity contribution in [1.29, 1.82) is 0 Å². The molecule has 2 aromatic rings. The van der Waals surface area contributed by atoms with Crippen molar-refractivity contribution in [1.82, 2.24) is 0 Å². The number of aliphatic hydroxyl groups is 2. The molecule has 0 aliphatic rings. The van der Waals surface area contributed by atoms with Gasteiger partial charge in [0.05, 0.1) is 0 Å². The molecule has 0 fully saturated rings. The Morgan fingerprint density at radius 2 is 0.731 bits per heavy atom. The van der Waals surface area contributed by atoms with Crippen LogP contribution in [0.15, 0.2) is 48.5 Å². The molecule has 6 heteroatoms. The molecular weight excluding hydrogens is 336 g/mol. The Bertz CT molecular complexity index is 573. The van der Waals surface area contributed by atoms with E-state index in [0.717, 1.165) is 0 Å². The van der Waals surface area contributed by atoms with E-state index in [-0.39, 0.29) is 0 Å². The van der Waals surface area contributed by atoms with Gasteiger partial charge in [-0.2, -0.15) is 0 Å². The van der Waals surface area contributed by atoms with Gasteiger partial charge < -0.3 is 20.4 Å². The highest BCUT2D eigenvalue weighted by atomic mass is 16.4. The smallest absolute Gasteiger partial charge is 0.335 e. The number of aliphatic carboxylic acids is 2. The van der Waals surface area contributed by atoms with Gasteiger partial charge in [-0.1, -0.05) is 70.8 Å². The standard InChI is InChI=1S/2C8H10.C4H6O6/c2*1-7-3-5-8(2)6-4-7;5-1(3(7)8)2(6)4(9)10/h2*3-6H,1-2H3;1-2,5-6H,(H,7,8)(H,9,10). The third-order valence-corrected chi connectivity index (χ3v) is 3.24. The van der Waals surface area contributed by atoms with Gasteiger partial charge in [-0.3, -0.25) is 0 Å². The summed E-state index contributed by atoms with van der Waals surface area (Å²) >= 11 is 0. The molecular formula is C20H26O6. The van der Waals surface area contributed by atoms with Gasteiger partial charge in [-0.15, -0.1) is 0 Å². The van der Waals surface area contributed by atoms with E-state index in [9.17, 15) is 9.59 Å². The van der Waals surface area contributed by atoms with Crippen molar-refractivity contribution in [3.63, 3.8) is 0 Å². The summed E-state index contributed by atoms with van der Waals surface area (Å²) in [7, 11) is 0. The van der Waals surface area contributed by atoms with Gasteiger partial charge in [-0.05, 0) is 27.7 Å². The maximum absolute atomic E-state index is 9.77. The average Bonchev–Trinajstić information content (AvgIpc) is 2.59. The van der Waals surface area contributed by atoms with E-state index in [2.05, 4.69) is 76.2 Å². The Labute approximate surface area is 153 Å². The van der Waals surface area contributed by atoms with Crippen LogP contribution in [0, 0.1) is 27.7 Å². The molecule has 142 valence electrons. The van der Waals surface area contributed by atoms with E-state index >= 15 is 0 Å². The highest BCUT2D eigenvalue weighted by Crippen LogP contribution is 2.00. The van der Waals surface area contributed by atoms with Crippen molar-refractivity contribution in [2.45, 2.75) is 39.9 Å². The largest absolute Gasteiger partial charge is 0.479 e. The Balaban J connectivity index is 0.000000363. The second-order valence-corrected chi connectivity index (χ2v) is 5.88. The summed E-state index contributed by atoms with van der Waals surface area (Å²) in [6.07, 6.45) is -4.53. The molecule has 0 bridgehead atoms. The van der Waals surface area contributed by atoms with Crippen LogP contribution in [0.2, 0.25) is 0 Å². The first kappa shape index (κ1) is 23.3. The van der Waals surface area contributed by atoms with Gasteiger partial charge in [0.15, 0.2) is 12.2 Å². The molecule has 0 aliphatic carbocycles. The molecule has 26 heavy (non-hydrogen) atoms. The van der Waals surface area contributed by atoms with Gasteiger partial charge in [0.25, 0.3) is 0 Å². The molecule has 2 aromatic carbocycles. The molecule has 2 unspecified atom stereocenters. The molecule has 0 amide bonds. The lowest BCUT2D eigenvalue weighted by molar-refractivity contribution is -0.165. The summed E-state index contributed by atoms with van der Waals surface area (Å²) in [5.41, 5.74) is 5.32. The maximum Gasteiger partial charge on any atom is 0.335 e. The summed E-state index contributed by atoms with van der Waals surface area (Å²) in [4.78, 5) is 19.5. The highest BCUT2D eigenvalue weighted by Gasteiger charge is 2.29. The normalized spacial score (nSPS) is 11.8. The number of benzene rings is 2. The Kier molecular flexibility index (Phi) is 10.6. The second-order valence-electron chi connectivity index (χ2n) is 5.88. The summed E-state index contributed by atoms with van der Waals surface area (Å²) in [6, 6.07) is 17.0. The van der Waals surface area contributed by atoms with Crippen molar-refractivity contribution < 1.29 is 30.0 Å². The number of hydrogen-bond donors (Lipinski definition) is 4.